The molecular formula is C26H34N2O6. The predicted octanol–water partition coefficient (Wildman–Crippen LogP) is 4.28. The van der Waals surface area contributed by atoms with E-state index in [-0.39, 0.29) is 25.2 Å². The number of hydrogen-bond acceptors (Lipinski definition) is 6. The van der Waals surface area contributed by atoms with Gasteiger partial charge in [-0.05, 0) is 36.6 Å². The van der Waals surface area contributed by atoms with E-state index in [1.165, 1.54) is 0 Å². The molecule has 0 bridgehead atoms. The third-order valence-electron chi connectivity index (χ3n) is 6.85. The molecule has 1 amide bonds. The molecule has 2 aliphatic heterocycles. The highest BCUT2D eigenvalue weighted by molar-refractivity contribution is 5.79. The van der Waals surface area contributed by atoms with Crippen molar-refractivity contribution in [2.75, 3.05) is 33.0 Å². The van der Waals surface area contributed by atoms with Crippen molar-refractivity contribution in [3.8, 4) is 11.5 Å². The van der Waals surface area contributed by atoms with Gasteiger partial charge < -0.3 is 23.9 Å². The maximum absolute atomic E-state index is 13.4. The first kappa shape index (κ1) is 24.1. The minimum atomic E-state index is -0.891. The second kappa shape index (κ2) is 11.0. The molecule has 2 aliphatic rings. The minimum Gasteiger partial charge on any atom is -0.481 e. The van der Waals surface area contributed by atoms with Gasteiger partial charge in [0.2, 0.25) is 12.7 Å². The number of carbonyl (C=O) groups excluding carboxylic acids is 1. The minimum absolute atomic E-state index is 0.0471. The number of nitrogens with zero attached hydrogens (tertiary/aromatic N) is 2. The normalized spacial score (nSPS) is 21.6. The van der Waals surface area contributed by atoms with Crippen LogP contribution >= 0.6 is 0 Å². The van der Waals surface area contributed by atoms with Gasteiger partial charge in [-0.15, -0.1) is 0 Å². The molecular weight excluding hydrogens is 436 g/mol. The number of unbranched alkanes of at least 4 members (excludes halogenated alkanes) is 2. The van der Waals surface area contributed by atoms with Gasteiger partial charge >= 0.3 is 5.97 Å². The van der Waals surface area contributed by atoms with Gasteiger partial charge in [-0.3, -0.25) is 14.5 Å². The molecule has 0 saturated carbocycles. The van der Waals surface area contributed by atoms with Crippen LogP contribution in [0.3, 0.4) is 0 Å². The summed E-state index contributed by atoms with van der Waals surface area (Å²) in [5.74, 6) is -0.593. The molecule has 34 heavy (non-hydrogen) atoms. The van der Waals surface area contributed by atoms with E-state index in [1.807, 2.05) is 28.0 Å². The van der Waals surface area contributed by atoms with E-state index in [2.05, 4.69) is 13.8 Å². The summed E-state index contributed by atoms with van der Waals surface area (Å²) in [4.78, 5) is 29.9. The maximum Gasteiger partial charge on any atom is 0.309 e. The number of likely N-dealkylation sites (tertiary alicyclic amines) is 1. The zero-order valence-corrected chi connectivity index (χ0v) is 19.9. The quantitative estimate of drug-likeness (QED) is 0.524. The Morgan fingerprint density at radius 1 is 1.06 bits per heavy atom. The highest BCUT2D eigenvalue weighted by atomic mass is 16.7. The molecule has 0 aliphatic carbocycles. The van der Waals surface area contributed by atoms with Gasteiger partial charge in [-0.1, -0.05) is 32.8 Å². The standard InChI is InChI=1S/C26H34N2O6/c1-3-5-10-27(11-6-4-2)23(29)15-28-14-20(18-7-8-21-22(13-18)34-17-33-21)24(26(30)31)25(28)19-9-12-32-16-19/h7-9,12-13,16,20,24-25H,3-6,10-11,14-15,17H2,1-2H3,(H,30,31)/t20-,24+,25-/m1/s1. The van der Waals surface area contributed by atoms with Crippen LogP contribution in [0.1, 0.15) is 62.6 Å². The molecule has 1 N–H and O–H groups in total. The van der Waals surface area contributed by atoms with Crippen LogP contribution in [-0.2, 0) is 9.59 Å². The van der Waals surface area contributed by atoms with Gasteiger partial charge in [0.15, 0.2) is 11.5 Å². The van der Waals surface area contributed by atoms with E-state index in [9.17, 15) is 14.7 Å². The molecule has 8 nitrogen and oxygen atoms in total. The smallest absolute Gasteiger partial charge is 0.309 e. The number of aliphatic carboxylic acids is 1. The fraction of sp³-hybridized carbons (Fsp3) is 0.538. The Labute approximate surface area is 200 Å². The first-order valence-corrected chi connectivity index (χ1v) is 12.2. The Bertz CT molecular complexity index is 968. The fourth-order valence-corrected chi connectivity index (χ4v) is 5.05. The summed E-state index contributed by atoms with van der Waals surface area (Å²) >= 11 is 0. The number of fused-ring (bicyclic) bond motifs is 1. The summed E-state index contributed by atoms with van der Waals surface area (Å²) in [5.41, 5.74) is 1.64. The summed E-state index contributed by atoms with van der Waals surface area (Å²) in [5, 5.41) is 10.3. The zero-order valence-electron chi connectivity index (χ0n) is 19.9. The fourth-order valence-electron chi connectivity index (χ4n) is 5.05. The molecule has 3 atom stereocenters. The summed E-state index contributed by atoms with van der Waals surface area (Å²) in [6.45, 7) is 6.48. The Morgan fingerprint density at radius 3 is 2.44 bits per heavy atom. The summed E-state index contributed by atoms with van der Waals surface area (Å²) < 4.78 is 16.3. The zero-order chi connectivity index (χ0) is 24.1. The van der Waals surface area contributed by atoms with Gasteiger partial charge in [-0.25, -0.2) is 0 Å². The van der Waals surface area contributed by atoms with Crippen LogP contribution in [0.5, 0.6) is 11.5 Å². The summed E-state index contributed by atoms with van der Waals surface area (Å²) in [6, 6.07) is 6.94. The van der Waals surface area contributed by atoms with E-state index in [0.717, 1.165) is 49.9 Å². The first-order chi connectivity index (χ1) is 16.5. The highest BCUT2D eigenvalue weighted by Crippen LogP contribution is 2.47. The lowest BCUT2D eigenvalue weighted by Crippen LogP contribution is -2.41. The second-order valence-corrected chi connectivity index (χ2v) is 9.10. The van der Waals surface area contributed by atoms with Crippen molar-refractivity contribution >= 4 is 11.9 Å². The number of carbonyl (C=O) groups is 2. The number of amides is 1. The molecule has 8 heteroatoms. The first-order valence-electron chi connectivity index (χ1n) is 12.2. The van der Waals surface area contributed by atoms with Crippen molar-refractivity contribution in [3.63, 3.8) is 0 Å². The van der Waals surface area contributed by atoms with Crippen LogP contribution in [0.15, 0.2) is 41.2 Å². The molecule has 1 aromatic carbocycles. The van der Waals surface area contributed by atoms with Gasteiger partial charge in [0, 0.05) is 31.1 Å². The number of carboxylic acid groups (broad SMARTS) is 1. The van der Waals surface area contributed by atoms with Crippen LogP contribution in [0.25, 0.3) is 0 Å². The molecule has 1 fully saturated rings. The number of benzene rings is 1. The Kier molecular flexibility index (Phi) is 7.77. The average molecular weight is 471 g/mol. The Balaban J connectivity index is 1.62. The van der Waals surface area contributed by atoms with Gasteiger partial charge in [0.25, 0.3) is 0 Å². The van der Waals surface area contributed by atoms with Crippen LogP contribution in [0.2, 0.25) is 0 Å². The van der Waals surface area contributed by atoms with Crippen molar-refractivity contribution in [2.24, 2.45) is 5.92 Å². The van der Waals surface area contributed by atoms with Gasteiger partial charge in [0.05, 0.1) is 31.0 Å². The average Bonchev–Trinajstić information content (AvgIpc) is 3.57. The van der Waals surface area contributed by atoms with Crippen LogP contribution in [0, 0.1) is 5.92 Å². The molecule has 4 rings (SSSR count). The Hall–Kier alpha value is -3.00. The van der Waals surface area contributed by atoms with Crippen LogP contribution < -0.4 is 9.47 Å². The second-order valence-electron chi connectivity index (χ2n) is 9.10. The lowest BCUT2D eigenvalue weighted by molar-refractivity contribution is -0.144. The SMILES string of the molecule is CCCCN(CCCC)C(=O)CN1C[C@H](c2ccc3c(c2)OCO3)[C@H](C(=O)O)[C@H]1c1ccoc1. The third kappa shape index (κ3) is 5.06. The molecule has 184 valence electrons. The van der Waals surface area contributed by atoms with E-state index in [4.69, 9.17) is 13.9 Å². The molecule has 1 aromatic heterocycles. The van der Waals surface area contributed by atoms with E-state index < -0.39 is 17.9 Å². The molecule has 3 heterocycles. The highest BCUT2D eigenvalue weighted by Gasteiger charge is 2.48. The molecule has 1 saturated heterocycles. The number of furan rings is 1. The van der Waals surface area contributed by atoms with Crippen molar-refractivity contribution in [3.05, 3.63) is 47.9 Å². The van der Waals surface area contributed by atoms with Gasteiger partial charge in [0.1, 0.15) is 0 Å². The van der Waals surface area contributed by atoms with Crippen LogP contribution in [0.4, 0.5) is 0 Å². The van der Waals surface area contributed by atoms with Crippen molar-refractivity contribution in [1.82, 2.24) is 9.80 Å². The monoisotopic (exact) mass is 470 g/mol. The maximum atomic E-state index is 13.4. The molecule has 0 radical (unpaired) electrons. The molecule has 0 unspecified atom stereocenters. The van der Waals surface area contributed by atoms with Crippen LogP contribution in [-0.4, -0.2) is 59.8 Å². The third-order valence-corrected chi connectivity index (χ3v) is 6.85. The number of rotatable bonds is 11. The van der Waals surface area contributed by atoms with Crippen molar-refractivity contribution in [1.29, 1.82) is 0 Å². The molecule has 2 aromatic rings. The van der Waals surface area contributed by atoms with Gasteiger partial charge in [-0.2, -0.15) is 0 Å². The van der Waals surface area contributed by atoms with E-state index >= 15 is 0 Å². The number of hydrogen-bond donors (Lipinski definition) is 1. The topological polar surface area (TPSA) is 92.5 Å². The van der Waals surface area contributed by atoms with E-state index in [0.29, 0.717) is 18.0 Å². The lowest BCUT2D eigenvalue weighted by Gasteiger charge is -2.29. The van der Waals surface area contributed by atoms with Crippen molar-refractivity contribution in [2.45, 2.75) is 51.5 Å². The van der Waals surface area contributed by atoms with Crippen molar-refractivity contribution < 1.29 is 28.6 Å². The Morgan fingerprint density at radius 2 is 1.79 bits per heavy atom. The summed E-state index contributed by atoms with van der Waals surface area (Å²) in [7, 11) is 0. The lowest BCUT2D eigenvalue weighted by atomic mass is 9.83. The molecule has 0 spiro atoms. The largest absolute Gasteiger partial charge is 0.481 e. The predicted molar refractivity (Wildman–Crippen MR) is 126 cm³/mol. The summed E-state index contributed by atoms with van der Waals surface area (Å²) in [6.07, 6.45) is 7.09. The number of ether oxygens (including phenoxy) is 2. The number of carboxylic acids is 1. The van der Waals surface area contributed by atoms with E-state index in [1.54, 1.807) is 18.6 Å².